The van der Waals surface area contributed by atoms with Gasteiger partial charge in [-0.05, 0) is 49.9 Å². The molecular weight excluding hydrogens is 476 g/mol. The highest BCUT2D eigenvalue weighted by molar-refractivity contribution is 8.01. The fraction of sp³-hybridized carbons (Fsp3) is 0.304. The Morgan fingerprint density at radius 1 is 1.03 bits per heavy atom. The van der Waals surface area contributed by atoms with E-state index in [0.717, 1.165) is 0 Å². The molecule has 1 N–H and O–H groups in total. The summed E-state index contributed by atoms with van der Waals surface area (Å²) in [6.45, 7) is 2.41. The van der Waals surface area contributed by atoms with Crippen LogP contribution in [-0.2, 0) is 0 Å². The van der Waals surface area contributed by atoms with Gasteiger partial charge in [-0.25, -0.2) is 19.9 Å². The van der Waals surface area contributed by atoms with Gasteiger partial charge < -0.3 is 18.9 Å². The molecule has 0 spiro atoms. The molecule has 0 amide bonds. The third-order valence-electron chi connectivity index (χ3n) is 5.17. The third kappa shape index (κ3) is 4.30. The minimum atomic E-state index is 0.250. The molecule has 34 heavy (non-hydrogen) atoms. The van der Waals surface area contributed by atoms with Crippen LogP contribution in [0.2, 0.25) is 5.15 Å². The van der Waals surface area contributed by atoms with Gasteiger partial charge in [0.2, 0.25) is 5.88 Å². The molecule has 3 heterocycles. The molecule has 5 rings (SSSR count). The van der Waals surface area contributed by atoms with Crippen LogP contribution >= 0.6 is 23.5 Å². The zero-order chi connectivity index (χ0) is 23.7. The van der Waals surface area contributed by atoms with Crippen LogP contribution in [0.15, 0.2) is 36.4 Å². The van der Waals surface area contributed by atoms with E-state index >= 15 is 0 Å². The van der Waals surface area contributed by atoms with Crippen molar-refractivity contribution in [3.05, 3.63) is 41.6 Å². The van der Waals surface area contributed by atoms with E-state index in [0.29, 0.717) is 63.6 Å². The summed E-state index contributed by atoms with van der Waals surface area (Å²) in [4.78, 5) is 18.7. The molecule has 0 unspecified atom stereocenters. The molecule has 176 valence electrons. The molecule has 0 saturated heterocycles. The van der Waals surface area contributed by atoms with Gasteiger partial charge in [0, 0.05) is 11.3 Å². The molecule has 11 heteroatoms. The summed E-state index contributed by atoms with van der Waals surface area (Å²) in [6.07, 6.45) is 2.35. The first kappa shape index (κ1) is 22.5. The van der Waals surface area contributed by atoms with Crippen molar-refractivity contribution < 1.29 is 14.2 Å². The Morgan fingerprint density at radius 2 is 1.76 bits per heavy atom. The van der Waals surface area contributed by atoms with Crippen molar-refractivity contribution in [1.82, 2.24) is 24.5 Å². The van der Waals surface area contributed by atoms with Crippen LogP contribution in [-0.4, -0.2) is 50.6 Å². The number of para-hydroxylation sites is 1. The Kier molecular flexibility index (Phi) is 6.34. The van der Waals surface area contributed by atoms with Gasteiger partial charge in [0.25, 0.3) is 0 Å². The topological polar surface area (TPSA) is 96.2 Å². The molecule has 0 aliphatic heterocycles. The molecule has 4 aromatic rings. The van der Waals surface area contributed by atoms with E-state index in [1.165, 1.54) is 12.8 Å². The quantitative estimate of drug-likeness (QED) is 0.313. The second-order valence-electron chi connectivity index (χ2n) is 7.51. The van der Waals surface area contributed by atoms with E-state index in [2.05, 4.69) is 14.7 Å². The zero-order valence-corrected chi connectivity index (χ0v) is 20.5. The molecule has 0 bridgehead atoms. The van der Waals surface area contributed by atoms with E-state index < -0.39 is 0 Å². The maximum atomic E-state index is 6.46. The zero-order valence-electron chi connectivity index (χ0n) is 18.9. The normalized spacial score (nSPS) is 13.2. The lowest BCUT2D eigenvalue weighted by Crippen LogP contribution is -2.06. The number of halogens is 1. The molecule has 0 radical (unpaired) electrons. The van der Waals surface area contributed by atoms with Gasteiger partial charge >= 0.3 is 0 Å². The molecule has 9 nitrogen and oxygen atoms in total. The van der Waals surface area contributed by atoms with Crippen LogP contribution in [0.1, 0.15) is 19.8 Å². The number of ether oxygens (including phenoxy) is 3. The lowest BCUT2D eigenvalue weighted by atomic mass is 10.2. The summed E-state index contributed by atoms with van der Waals surface area (Å²) in [5, 5.41) is 0.814. The summed E-state index contributed by atoms with van der Waals surface area (Å²) in [5.41, 5.74) is 2.07. The summed E-state index contributed by atoms with van der Waals surface area (Å²) in [7, 11) is 3.21. The van der Waals surface area contributed by atoms with Crippen LogP contribution in [0.5, 0.6) is 17.4 Å². The maximum absolute atomic E-state index is 6.46. The number of pyridine rings is 1. The van der Waals surface area contributed by atoms with E-state index in [-0.39, 0.29) is 5.15 Å². The van der Waals surface area contributed by atoms with Crippen molar-refractivity contribution in [2.45, 2.75) is 25.0 Å². The number of hydrogen-bond acceptors (Lipinski definition) is 9. The molecule has 1 fully saturated rings. The minimum absolute atomic E-state index is 0.250. The van der Waals surface area contributed by atoms with Crippen LogP contribution in [0.4, 0.5) is 5.82 Å². The lowest BCUT2D eigenvalue weighted by Gasteiger charge is -2.16. The summed E-state index contributed by atoms with van der Waals surface area (Å²) in [5.74, 6) is 2.64. The first-order valence-corrected chi connectivity index (χ1v) is 12.1. The summed E-state index contributed by atoms with van der Waals surface area (Å²) >= 11 is 8.06. The molecule has 1 aliphatic carbocycles. The predicted molar refractivity (Wildman–Crippen MR) is 133 cm³/mol. The average Bonchev–Trinajstić information content (AvgIpc) is 3.62. The van der Waals surface area contributed by atoms with Gasteiger partial charge in [-0.15, -0.1) is 0 Å². The van der Waals surface area contributed by atoms with Gasteiger partial charge in [-0.1, -0.05) is 23.7 Å². The Morgan fingerprint density at radius 3 is 2.44 bits per heavy atom. The monoisotopic (exact) mass is 498 g/mol. The van der Waals surface area contributed by atoms with Gasteiger partial charge in [-0.3, -0.25) is 4.57 Å². The van der Waals surface area contributed by atoms with Gasteiger partial charge in [-0.2, -0.15) is 0 Å². The molecule has 1 aliphatic rings. The Balaban J connectivity index is 1.77. The predicted octanol–water partition coefficient (Wildman–Crippen LogP) is 5.17. The van der Waals surface area contributed by atoms with E-state index in [4.69, 9.17) is 35.8 Å². The second kappa shape index (κ2) is 9.55. The number of fused-ring (bicyclic) bond motifs is 1. The third-order valence-corrected chi connectivity index (χ3v) is 6.55. The Labute approximate surface area is 206 Å². The lowest BCUT2D eigenvalue weighted by molar-refractivity contribution is 0.327. The molecule has 0 atom stereocenters. The maximum Gasteiger partial charge on any atom is 0.213 e. The van der Waals surface area contributed by atoms with Gasteiger partial charge in [0.1, 0.15) is 22.9 Å². The van der Waals surface area contributed by atoms with E-state index in [9.17, 15) is 0 Å². The van der Waals surface area contributed by atoms with Gasteiger partial charge in [0.05, 0.1) is 20.8 Å². The van der Waals surface area contributed by atoms with Crippen molar-refractivity contribution >= 4 is 40.7 Å². The number of hydrogen-bond donors (Lipinski definition) is 1. The van der Waals surface area contributed by atoms with Crippen molar-refractivity contribution in [2.24, 2.45) is 0 Å². The number of aromatic nitrogens is 5. The van der Waals surface area contributed by atoms with Crippen LogP contribution in [0.25, 0.3) is 28.5 Å². The molecule has 3 aromatic heterocycles. The van der Waals surface area contributed by atoms with E-state index in [1.54, 1.807) is 32.2 Å². The standard InChI is InChI=1S/C23H23ClN6O3S/c1-4-33-17-10-5-7-14(25-17)22-28-21-23(27-20(19(24)26-21)29-34-13-11-12-13)30(22)18-15(31-2)8-6-9-16(18)32-3/h5-10,13H,4,11-12H2,1-3H3,(H,27,29). The van der Waals surface area contributed by atoms with Crippen molar-refractivity contribution in [3.63, 3.8) is 0 Å². The average molecular weight is 499 g/mol. The number of anilines is 1. The van der Waals surface area contributed by atoms with Crippen molar-refractivity contribution in [2.75, 3.05) is 25.5 Å². The molecule has 1 aromatic carbocycles. The number of nitrogens with zero attached hydrogens (tertiary/aromatic N) is 5. The first-order chi connectivity index (χ1) is 16.6. The number of rotatable bonds is 9. The van der Waals surface area contributed by atoms with E-state index in [1.807, 2.05) is 41.8 Å². The SMILES string of the molecule is CCOc1cccc(-c2nc3nc(Cl)c(NSC4CC4)nc3n2-c2c(OC)cccc2OC)n1. The Hall–Kier alpha value is -3.24. The number of benzene rings is 1. The number of imidazole rings is 1. The highest BCUT2D eigenvalue weighted by atomic mass is 35.5. The summed E-state index contributed by atoms with van der Waals surface area (Å²) < 4.78 is 22.1. The summed E-state index contributed by atoms with van der Waals surface area (Å²) in [6, 6.07) is 11.1. The fourth-order valence-corrected chi connectivity index (χ4v) is 4.48. The van der Waals surface area contributed by atoms with Crippen molar-refractivity contribution in [3.8, 4) is 34.6 Å². The number of nitrogens with one attached hydrogen (secondary N) is 1. The minimum Gasteiger partial charge on any atom is -0.494 e. The van der Waals surface area contributed by atoms with Crippen LogP contribution in [0.3, 0.4) is 0 Å². The van der Waals surface area contributed by atoms with Crippen molar-refractivity contribution in [1.29, 1.82) is 0 Å². The van der Waals surface area contributed by atoms with Crippen LogP contribution < -0.4 is 18.9 Å². The largest absolute Gasteiger partial charge is 0.494 e. The second-order valence-corrected chi connectivity index (χ2v) is 8.97. The highest BCUT2D eigenvalue weighted by Gasteiger charge is 2.26. The van der Waals surface area contributed by atoms with Gasteiger partial charge in [0.15, 0.2) is 28.1 Å². The fourth-order valence-electron chi connectivity index (χ4n) is 3.47. The number of methoxy groups -OCH3 is 2. The Bertz CT molecular complexity index is 1320. The highest BCUT2D eigenvalue weighted by Crippen LogP contribution is 2.39. The smallest absolute Gasteiger partial charge is 0.213 e. The molecule has 1 saturated carbocycles. The molecular formula is C23H23ClN6O3S. The van der Waals surface area contributed by atoms with Crippen LogP contribution in [0, 0.1) is 0 Å². The first-order valence-electron chi connectivity index (χ1n) is 10.8.